The molecular weight excluding hydrogens is 502 g/mol. The molecule has 0 radical (unpaired) electrons. The zero-order valence-electron chi connectivity index (χ0n) is 24.2. The Hall–Kier alpha value is -4.24. The summed E-state index contributed by atoms with van der Waals surface area (Å²) in [5.74, 6) is 0. The SMILES string of the molecule is CCCCc1cc2c3c(=O)n(-c4cc(C)ccc4C)c(=O)c3c3cc(CCCC)c4ccc5ccc1c1c5c4c3c21. The number of nitrogens with zero attached hydrogens (tertiary/aromatic N) is 1. The minimum atomic E-state index is -0.195. The summed E-state index contributed by atoms with van der Waals surface area (Å²) in [6.07, 6.45) is 6.29. The molecule has 0 N–H and O–H groups in total. The molecule has 3 nitrogen and oxygen atoms in total. The van der Waals surface area contributed by atoms with E-state index < -0.39 is 0 Å². The molecule has 0 aliphatic carbocycles. The van der Waals surface area contributed by atoms with E-state index in [0.717, 1.165) is 71.2 Å². The van der Waals surface area contributed by atoms with Gasteiger partial charge < -0.3 is 0 Å². The van der Waals surface area contributed by atoms with Crippen LogP contribution in [0.5, 0.6) is 0 Å². The van der Waals surface area contributed by atoms with Crippen LogP contribution in [0.1, 0.15) is 61.8 Å². The zero-order chi connectivity index (χ0) is 28.2. The van der Waals surface area contributed by atoms with Crippen LogP contribution in [0.15, 0.2) is 64.2 Å². The summed E-state index contributed by atoms with van der Waals surface area (Å²) >= 11 is 0. The molecule has 0 amide bonds. The van der Waals surface area contributed by atoms with Crippen LogP contribution >= 0.6 is 0 Å². The van der Waals surface area contributed by atoms with Gasteiger partial charge in [-0.25, -0.2) is 4.57 Å². The van der Waals surface area contributed by atoms with Gasteiger partial charge in [-0.05, 0) is 134 Å². The first-order valence-corrected chi connectivity index (χ1v) is 15.2. The lowest BCUT2D eigenvalue weighted by Gasteiger charge is -2.12. The van der Waals surface area contributed by atoms with Gasteiger partial charge in [0.1, 0.15) is 0 Å². The average Bonchev–Trinajstić information content (AvgIpc) is 3.47. The van der Waals surface area contributed by atoms with Gasteiger partial charge in [0.2, 0.25) is 0 Å². The van der Waals surface area contributed by atoms with Crippen LogP contribution in [0.2, 0.25) is 0 Å². The molecule has 41 heavy (non-hydrogen) atoms. The van der Waals surface area contributed by atoms with Gasteiger partial charge in [-0.2, -0.15) is 0 Å². The first kappa shape index (κ1) is 24.5. The van der Waals surface area contributed by atoms with Crippen LogP contribution in [0.25, 0.3) is 70.3 Å². The molecule has 8 aromatic rings. The lowest BCUT2D eigenvalue weighted by molar-refractivity contribution is 0.799. The number of aromatic nitrogens is 1. The second kappa shape index (κ2) is 8.63. The highest BCUT2D eigenvalue weighted by atomic mass is 16.2. The van der Waals surface area contributed by atoms with Crippen LogP contribution in [0.4, 0.5) is 0 Å². The van der Waals surface area contributed by atoms with E-state index in [-0.39, 0.29) is 11.1 Å². The number of aryl methyl sites for hydroxylation is 4. The molecule has 0 saturated heterocycles. The van der Waals surface area contributed by atoms with Crippen molar-refractivity contribution in [1.82, 2.24) is 4.57 Å². The van der Waals surface area contributed by atoms with Crippen molar-refractivity contribution >= 4 is 64.6 Å². The van der Waals surface area contributed by atoms with Gasteiger partial charge in [0.25, 0.3) is 11.1 Å². The van der Waals surface area contributed by atoms with Gasteiger partial charge in [-0.15, -0.1) is 0 Å². The monoisotopic (exact) mass is 535 g/mol. The normalized spacial score (nSPS) is 12.7. The highest BCUT2D eigenvalue weighted by Gasteiger charge is 2.29. The molecule has 0 saturated carbocycles. The number of fused-ring (bicyclic) bond motifs is 3. The smallest absolute Gasteiger partial charge is 0.266 e. The Kier molecular flexibility index (Phi) is 5.17. The summed E-state index contributed by atoms with van der Waals surface area (Å²) in [4.78, 5) is 29.0. The Morgan fingerprint density at radius 1 is 0.561 bits per heavy atom. The first-order chi connectivity index (χ1) is 19.9. The maximum Gasteiger partial charge on any atom is 0.266 e. The lowest BCUT2D eigenvalue weighted by atomic mass is 9.90. The lowest BCUT2D eigenvalue weighted by Crippen LogP contribution is -2.24. The third kappa shape index (κ3) is 3.09. The maximum atomic E-state index is 14.5. The predicted molar refractivity (Wildman–Crippen MR) is 175 cm³/mol. The molecule has 1 aromatic heterocycles. The molecule has 202 valence electrons. The maximum absolute atomic E-state index is 14.5. The average molecular weight is 536 g/mol. The molecule has 0 fully saturated rings. The Morgan fingerprint density at radius 2 is 1.07 bits per heavy atom. The quantitative estimate of drug-likeness (QED) is 0.191. The molecule has 8 rings (SSSR count). The van der Waals surface area contributed by atoms with Crippen LogP contribution in [0.3, 0.4) is 0 Å². The molecule has 7 aromatic carbocycles. The van der Waals surface area contributed by atoms with Gasteiger partial charge >= 0.3 is 0 Å². The Balaban J connectivity index is 1.67. The van der Waals surface area contributed by atoms with Crippen molar-refractivity contribution < 1.29 is 0 Å². The number of hydrogen-bond acceptors (Lipinski definition) is 2. The Bertz CT molecular complexity index is 2260. The van der Waals surface area contributed by atoms with E-state index in [2.05, 4.69) is 50.2 Å². The number of hydrogen-bond donors (Lipinski definition) is 0. The number of rotatable bonds is 7. The molecular formula is C38H33NO2. The Morgan fingerprint density at radius 3 is 1.59 bits per heavy atom. The largest absolute Gasteiger partial charge is 0.268 e. The fraction of sp³-hybridized carbons (Fsp3) is 0.263. The zero-order valence-corrected chi connectivity index (χ0v) is 24.2. The minimum Gasteiger partial charge on any atom is -0.268 e. The van der Waals surface area contributed by atoms with Crippen molar-refractivity contribution in [1.29, 1.82) is 0 Å². The molecule has 0 aliphatic heterocycles. The van der Waals surface area contributed by atoms with Crippen molar-refractivity contribution in [2.45, 2.75) is 66.2 Å². The molecule has 1 heterocycles. The number of benzene rings is 6. The molecule has 0 unspecified atom stereocenters. The summed E-state index contributed by atoms with van der Waals surface area (Å²) in [5.41, 5.74) is 4.82. The third-order valence-corrected chi connectivity index (χ3v) is 9.63. The summed E-state index contributed by atoms with van der Waals surface area (Å²) in [6, 6.07) is 19.6. The van der Waals surface area contributed by atoms with E-state index >= 15 is 0 Å². The molecule has 3 heteroatoms. The highest BCUT2D eigenvalue weighted by Crippen LogP contribution is 2.51. The van der Waals surface area contributed by atoms with E-state index in [4.69, 9.17) is 0 Å². The highest BCUT2D eigenvalue weighted by molar-refractivity contribution is 6.48. The van der Waals surface area contributed by atoms with E-state index in [1.54, 1.807) is 0 Å². The molecule has 0 aliphatic rings. The second-order valence-corrected chi connectivity index (χ2v) is 12.2. The van der Waals surface area contributed by atoms with E-state index in [9.17, 15) is 9.59 Å². The van der Waals surface area contributed by atoms with Crippen molar-refractivity contribution in [3.8, 4) is 5.69 Å². The molecule has 0 spiro atoms. The van der Waals surface area contributed by atoms with E-state index in [1.165, 1.54) is 48.0 Å². The van der Waals surface area contributed by atoms with Crippen molar-refractivity contribution in [3.05, 3.63) is 97.6 Å². The van der Waals surface area contributed by atoms with Gasteiger partial charge in [0.05, 0.1) is 16.5 Å². The van der Waals surface area contributed by atoms with Crippen LogP contribution in [-0.4, -0.2) is 4.57 Å². The van der Waals surface area contributed by atoms with Crippen molar-refractivity contribution in [2.75, 3.05) is 0 Å². The second-order valence-electron chi connectivity index (χ2n) is 12.2. The standard InChI is InChI=1S/C38H33NO2/c1-5-7-9-23-18-27-33-31-25(23)15-13-22-14-16-26-24(10-8-6-2)19-28(34(33)32(26)30(22)31)36-35(27)37(40)39(38(36)41)29-17-20(3)11-12-21(29)4/h11-19H,5-10H2,1-4H3. The van der Waals surface area contributed by atoms with Crippen molar-refractivity contribution in [2.24, 2.45) is 0 Å². The summed E-state index contributed by atoms with van der Waals surface area (Å²) in [7, 11) is 0. The van der Waals surface area contributed by atoms with Gasteiger partial charge in [0, 0.05) is 0 Å². The van der Waals surface area contributed by atoms with E-state index in [1.807, 2.05) is 32.0 Å². The topological polar surface area (TPSA) is 39.1 Å². The van der Waals surface area contributed by atoms with Crippen LogP contribution in [0, 0.1) is 13.8 Å². The summed E-state index contributed by atoms with van der Waals surface area (Å²) in [5, 5.41) is 13.1. The Labute approximate surface area is 238 Å². The first-order valence-electron chi connectivity index (χ1n) is 15.2. The van der Waals surface area contributed by atoms with E-state index in [0.29, 0.717) is 16.5 Å². The predicted octanol–water partition coefficient (Wildman–Crippen LogP) is 9.17. The third-order valence-electron chi connectivity index (χ3n) is 9.63. The molecule has 0 bridgehead atoms. The summed E-state index contributed by atoms with van der Waals surface area (Å²) in [6.45, 7) is 8.43. The van der Waals surface area contributed by atoms with Gasteiger partial charge in [-0.1, -0.05) is 63.1 Å². The van der Waals surface area contributed by atoms with Crippen LogP contribution in [-0.2, 0) is 12.8 Å². The molecule has 0 atom stereocenters. The van der Waals surface area contributed by atoms with Gasteiger partial charge in [0.15, 0.2) is 0 Å². The van der Waals surface area contributed by atoms with Crippen LogP contribution < -0.4 is 11.1 Å². The number of unbranched alkanes of at least 4 members (excludes halogenated alkanes) is 2. The summed E-state index contributed by atoms with van der Waals surface area (Å²) < 4.78 is 1.45. The fourth-order valence-electron chi connectivity index (χ4n) is 7.66. The minimum absolute atomic E-state index is 0.195. The van der Waals surface area contributed by atoms with Crippen molar-refractivity contribution in [3.63, 3.8) is 0 Å². The van der Waals surface area contributed by atoms with Gasteiger partial charge in [-0.3, -0.25) is 9.59 Å². The fourth-order valence-corrected chi connectivity index (χ4v) is 7.66.